The van der Waals surface area contributed by atoms with Crippen molar-refractivity contribution in [1.29, 1.82) is 0 Å². The van der Waals surface area contributed by atoms with E-state index in [1.807, 2.05) is 0 Å². The molecule has 0 heteroatoms. The molecule has 0 spiro atoms. The predicted molar refractivity (Wildman–Crippen MR) is 73.8 cm³/mol. The average molecular weight is 224 g/mol. The Labute approximate surface area is 104 Å². The summed E-state index contributed by atoms with van der Waals surface area (Å²) < 4.78 is 0. The average Bonchev–Trinajstić information content (AvgIpc) is 2.48. The van der Waals surface area contributed by atoms with Crippen LogP contribution in [0.1, 0.15) is 37.8 Å². The molecule has 0 saturated heterocycles. The summed E-state index contributed by atoms with van der Waals surface area (Å²) in [7, 11) is 0. The van der Waals surface area contributed by atoms with Crippen molar-refractivity contribution in [3.63, 3.8) is 0 Å². The molecular weight excluding hydrogens is 204 g/mol. The van der Waals surface area contributed by atoms with Crippen LogP contribution in [0.4, 0.5) is 0 Å². The highest BCUT2D eigenvalue weighted by atomic mass is 14.3. The van der Waals surface area contributed by atoms with Gasteiger partial charge in [-0.3, -0.25) is 0 Å². The van der Waals surface area contributed by atoms with Crippen LogP contribution in [-0.4, -0.2) is 0 Å². The standard InChI is InChI=1S/C17H20/c1-12-7-10-15-13(2)8-9-14-5-3-4-6-16(14)17(15)11-12/h3-7,10,12-13H,8-9,11H2,1-2H3/t12?,13-/m1/s1. The smallest absolute Gasteiger partial charge is 0.0184 e. The van der Waals surface area contributed by atoms with E-state index in [-0.39, 0.29) is 0 Å². The molecule has 0 N–H and O–H groups in total. The van der Waals surface area contributed by atoms with E-state index in [2.05, 4.69) is 50.3 Å². The molecule has 2 atom stereocenters. The molecule has 88 valence electrons. The molecule has 0 saturated carbocycles. The van der Waals surface area contributed by atoms with Crippen LogP contribution in [0.15, 0.2) is 42.0 Å². The van der Waals surface area contributed by atoms with E-state index in [1.165, 1.54) is 24.8 Å². The molecule has 17 heavy (non-hydrogen) atoms. The fourth-order valence-electron chi connectivity index (χ4n) is 3.16. The van der Waals surface area contributed by atoms with Crippen LogP contribution in [0.3, 0.4) is 0 Å². The van der Waals surface area contributed by atoms with E-state index in [0.29, 0.717) is 11.8 Å². The lowest BCUT2D eigenvalue weighted by molar-refractivity contribution is 0.623. The number of hydrogen-bond acceptors (Lipinski definition) is 0. The molecule has 0 bridgehead atoms. The van der Waals surface area contributed by atoms with Crippen LogP contribution in [0.2, 0.25) is 0 Å². The van der Waals surface area contributed by atoms with E-state index < -0.39 is 0 Å². The lowest BCUT2D eigenvalue weighted by Crippen LogP contribution is -2.06. The topological polar surface area (TPSA) is 0 Å². The lowest BCUT2D eigenvalue weighted by atomic mass is 9.82. The van der Waals surface area contributed by atoms with E-state index in [0.717, 1.165) is 0 Å². The van der Waals surface area contributed by atoms with Crippen LogP contribution in [-0.2, 0) is 6.42 Å². The molecule has 1 aromatic carbocycles. The summed E-state index contributed by atoms with van der Waals surface area (Å²) in [6, 6.07) is 8.98. The summed E-state index contributed by atoms with van der Waals surface area (Å²) in [5.41, 5.74) is 6.27. The fourth-order valence-corrected chi connectivity index (χ4v) is 3.16. The number of aryl methyl sites for hydroxylation is 1. The van der Waals surface area contributed by atoms with Gasteiger partial charge >= 0.3 is 0 Å². The first-order valence-electron chi connectivity index (χ1n) is 6.75. The highest BCUT2D eigenvalue weighted by Gasteiger charge is 2.23. The van der Waals surface area contributed by atoms with Gasteiger partial charge in [0.25, 0.3) is 0 Å². The van der Waals surface area contributed by atoms with Gasteiger partial charge in [-0.15, -0.1) is 0 Å². The first kappa shape index (κ1) is 10.8. The Kier molecular flexibility index (Phi) is 2.66. The molecule has 0 fully saturated rings. The highest BCUT2D eigenvalue weighted by Crippen LogP contribution is 2.40. The maximum atomic E-state index is 2.39. The van der Waals surface area contributed by atoms with Gasteiger partial charge in [0.1, 0.15) is 0 Å². The summed E-state index contributed by atoms with van der Waals surface area (Å²) >= 11 is 0. The van der Waals surface area contributed by atoms with Crippen molar-refractivity contribution < 1.29 is 0 Å². The van der Waals surface area contributed by atoms with Crippen LogP contribution >= 0.6 is 0 Å². The minimum atomic E-state index is 0.687. The predicted octanol–water partition coefficient (Wildman–Crippen LogP) is 4.62. The Morgan fingerprint density at radius 3 is 2.82 bits per heavy atom. The lowest BCUT2D eigenvalue weighted by Gasteiger charge is -2.22. The van der Waals surface area contributed by atoms with Crippen molar-refractivity contribution in [3.8, 4) is 0 Å². The molecule has 0 aromatic heterocycles. The van der Waals surface area contributed by atoms with Crippen LogP contribution in [0.25, 0.3) is 5.57 Å². The van der Waals surface area contributed by atoms with Gasteiger partial charge in [0.15, 0.2) is 0 Å². The van der Waals surface area contributed by atoms with Gasteiger partial charge in [-0.2, -0.15) is 0 Å². The Balaban J connectivity index is 2.17. The van der Waals surface area contributed by atoms with E-state index in [9.17, 15) is 0 Å². The molecule has 0 aliphatic heterocycles. The molecule has 2 aliphatic rings. The van der Waals surface area contributed by atoms with Crippen molar-refractivity contribution in [1.82, 2.24) is 0 Å². The molecule has 0 heterocycles. The van der Waals surface area contributed by atoms with Crippen molar-refractivity contribution in [3.05, 3.63) is 53.1 Å². The van der Waals surface area contributed by atoms with Crippen LogP contribution in [0.5, 0.6) is 0 Å². The maximum Gasteiger partial charge on any atom is -0.0184 e. The summed E-state index contributed by atoms with van der Waals surface area (Å²) in [5.74, 6) is 1.40. The quantitative estimate of drug-likeness (QED) is 0.603. The van der Waals surface area contributed by atoms with Crippen molar-refractivity contribution in [2.45, 2.75) is 33.1 Å². The molecule has 2 aliphatic carbocycles. The molecule has 1 unspecified atom stereocenters. The first-order valence-corrected chi connectivity index (χ1v) is 6.75. The molecular formula is C17H20. The number of benzene rings is 1. The molecule has 0 radical (unpaired) electrons. The maximum absolute atomic E-state index is 2.39. The van der Waals surface area contributed by atoms with Gasteiger partial charge < -0.3 is 0 Å². The van der Waals surface area contributed by atoms with Crippen LogP contribution < -0.4 is 0 Å². The molecule has 0 nitrogen and oxygen atoms in total. The van der Waals surface area contributed by atoms with Crippen molar-refractivity contribution in [2.75, 3.05) is 0 Å². The Morgan fingerprint density at radius 1 is 1.12 bits per heavy atom. The molecule has 0 amide bonds. The largest absolute Gasteiger partial charge is 0.0811 e. The Hall–Kier alpha value is -1.30. The zero-order valence-electron chi connectivity index (χ0n) is 10.7. The fraction of sp³-hybridized carbons (Fsp3) is 0.412. The summed E-state index contributed by atoms with van der Waals surface area (Å²) in [6.45, 7) is 4.69. The van der Waals surface area contributed by atoms with E-state index in [1.54, 1.807) is 16.7 Å². The van der Waals surface area contributed by atoms with Crippen molar-refractivity contribution in [2.24, 2.45) is 11.8 Å². The number of hydrogen-bond donors (Lipinski definition) is 0. The van der Waals surface area contributed by atoms with E-state index in [4.69, 9.17) is 0 Å². The minimum absolute atomic E-state index is 0.687. The summed E-state index contributed by atoms with van der Waals surface area (Å²) in [4.78, 5) is 0. The Bertz CT molecular complexity index is 491. The third-order valence-electron chi connectivity index (χ3n) is 4.20. The third kappa shape index (κ3) is 1.86. The SMILES string of the molecule is CC1C=CC2=C(C1)c1ccccc1CC[C@H]2C. The monoisotopic (exact) mass is 224 g/mol. The van der Waals surface area contributed by atoms with Gasteiger partial charge in [-0.25, -0.2) is 0 Å². The van der Waals surface area contributed by atoms with E-state index >= 15 is 0 Å². The minimum Gasteiger partial charge on any atom is -0.0811 e. The number of rotatable bonds is 0. The normalized spacial score (nSPS) is 27.4. The highest BCUT2D eigenvalue weighted by molar-refractivity contribution is 5.75. The van der Waals surface area contributed by atoms with Gasteiger partial charge in [0, 0.05) is 0 Å². The summed E-state index contributed by atoms with van der Waals surface area (Å²) in [6.07, 6.45) is 8.49. The van der Waals surface area contributed by atoms with Crippen LogP contribution in [0, 0.1) is 11.8 Å². The first-order chi connectivity index (χ1) is 8.25. The van der Waals surface area contributed by atoms with Crippen molar-refractivity contribution >= 4 is 5.57 Å². The second kappa shape index (κ2) is 4.18. The zero-order chi connectivity index (χ0) is 11.8. The number of allylic oxidation sites excluding steroid dienone is 4. The van der Waals surface area contributed by atoms with Gasteiger partial charge in [0.2, 0.25) is 0 Å². The Morgan fingerprint density at radius 2 is 1.94 bits per heavy atom. The second-order valence-corrected chi connectivity index (χ2v) is 5.57. The van der Waals surface area contributed by atoms with Gasteiger partial charge in [-0.05, 0) is 53.4 Å². The zero-order valence-corrected chi connectivity index (χ0v) is 10.7. The third-order valence-corrected chi connectivity index (χ3v) is 4.20. The molecule has 1 aromatic rings. The second-order valence-electron chi connectivity index (χ2n) is 5.57. The van der Waals surface area contributed by atoms with Gasteiger partial charge in [0.05, 0.1) is 0 Å². The summed E-state index contributed by atoms with van der Waals surface area (Å²) in [5, 5.41) is 0. The number of fused-ring (bicyclic) bond motifs is 2. The molecule has 3 rings (SSSR count). The van der Waals surface area contributed by atoms with Gasteiger partial charge in [-0.1, -0.05) is 50.3 Å².